The molecule has 2 N–H and O–H groups in total. The number of halogens is 1. The van der Waals surface area contributed by atoms with Gasteiger partial charge in [0.1, 0.15) is 12.4 Å². The van der Waals surface area contributed by atoms with Crippen molar-refractivity contribution in [3.8, 4) is 5.75 Å². The smallest absolute Gasteiger partial charge is 0.240 e. The number of carbonyl (C=O) groups is 1. The Morgan fingerprint density at radius 2 is 2.04 bits per heavy atom. The van der Waals surface area contributed by atoms with Crippen LogP contribution in [-0.4, -0.2) is 27.5 Å². The molecular weight excluding hydrogens is 364 g/mol. The fourth-order valence-corrected chi connectivity index (χ4v) is 3.75. The number of benzene rings is 2. The van der Waals surface area contributed by atoms with Crippen LogP contribution in [0.4, 0.5) is 5.69 Å². The summed E-state index contributed by atoms with van der Waals surface area (Å²) in [6.45, 7) is 2.16. The lowest BCUT2D eigenvalue weighted by molar-refractivity contribution is -0.115. The van der Waals surface area contributed by atoms with Crippen molar-refractivity contribution in [3.05, 3.63) is 52.5 Å². The molecule has 8 heteroatoms. The quantitative estimate of drug-likeness (QED) is 0.754. The van der Waals surface area contributed by atoms with Gasteiger partial charge in [0.05, 0.1) is 16.3 Å². The first-order valence-electron chi connectivity index (χ1n) is 7.66. The average Bonchev–Trinajstić information content (AvgIpc) is 2.93. The maximum Gasteiger partial charge on any atom is 0.240 e. The number of carbonyl (C=O) groups excluding carboxylic acids is 1. The fourth-order valence-electron chi connectivity index (χ4n) is 2.51. The Balaban J connectivity index is 1.60. The molecule has 3 rings (SSSR count). The monoisotopic (exact) mass is 380 g/mol. The van der Waals surface area contributed by atoms with E-state index < -0.39 is 10.0 Å². The first kappa shape index (κ1) is 17.7. The van der Waals surface area contributed by atoms with E-state index in [9.17, 15) is 13.2 Å². The Kier molecular flexibility index (Phi) is 4.99. The van der Waals surface area contributed by atoms with E-state index in [-0.39, 0.29) is 30.4 Å². The van der Waals surface area contributed by atoms with Crippen LogP contribution in [0.25, 0.3) is 0 Å². The molecule has 1 aliphatic heterocycles. The van der Waals surface area contributed by atoms with E-state index in [4.69, 9.17) is 16.3 Å². The van der Waals surface area contributed by atoms with Crippen LogP contribution in [0.3, 0.4) is 0 Å². The first-order valence-corrected chi connectivity index (χ1v) is 9.53. The van der Waals surface area contributed by atoms with Crippen LogP contribution in [0.5, 0.6) is 5.75 Å². The van der Waals surface area contributed by atoms with Crippen LogP contribution < -0.4 is 14.8 Å². The Morgan fingerprint density at radius 1 is 1.24 bits per heavy atom. The van der Waals surface area contributed by atoms with E-state index in [1.165, 1.54) is 12.1 Å². The highest BCUT2D eigenvalue weighted by Crippen LogP contribution is 2.26. The van der Waals surface area contributed by atoms with Crippen LogP contribution in [0.1, 0.15) is 11.1 Å². The molecule has 0 radical (unpaired) electrons. The van der Waals surface area contributed by atoms with Gasteiger partial charge in [0.15, 0.2) is 0 Å². The van der Waals surface area contributed by atoms with Gasteiger partial charge in [-0.25, -0.2) is 13.1 Å². The van der Waals surface area contributed by atoms with Crippen molar-refractivity contribution in [2.45, 2.75) is 18.2 Å². The maximum absolute atomic E-state index is 12.3. The van der Waals surface area contributed by atoms with Crippen LogP contribution in [0.15, 0.2) is 41.3 Å². The largest absolute Gasteiger partial charge is 0.491 e. The summed E-state index contributed by atoms with van der Waals surface area (Å²) >= 11 is 6.03. The molecule has 0 spiro atoms. The molecule has 25 heavy (non-hydrogen) atoms. The molecule has 0 unspecified atom stereocenters. The lowest BCUT2D eigenvalue weighted by Gasteiger charge is -2.11. The molecule has 0 aliphatic carbocycles. The van der Waals surface area contributed by atoms with Crippen molar-refractivity contribution in [1.29, 1.82) is 0 Å². The van der Waals surface area contributed by atoms with Crippen molar-refractivity contribution in [3.63, 3.8) is 0 Å². The molecule has 2 aromatic carbocycles. The second kappa shape index (κ2) is 7.03. The molecular formula is C17H17ClN2O4S. The predicted molar refractivity (Wildman–Crippen MR) is 95.6 cm³/mol. The number of rotatable bonds is 6. The summed E-state index contributed by atoms with van der Waals surface area (Å²) in [5.74, 6) is 0.379. The molecule has 1 amide bonds. The van der Waals surface area contributed by atoms with Gasteiger partial charge in [-0.3, -0.25) is 4.79 Å². The second-order valence-electron chi connectivity index (χ2n) is 5.72. The van der Waals surface area contributed by atoms with Crippen LogP contribution >= 0.6 is 11.6 Å². The van der Waals surface area contributed by atoms with Crippen molar-refractivity contribution < 1.29 is 17.9 Å². The van der Waals surface area contributed by atoms with Gasteiger partial charge in [-0.2, -0.15) is 0 Å². The Bertz CT molecular complexity index is 928. The highest BCUT2D eigenvalue weighted by molar-refractivity contribution is 7.89. The van der Waals surface area contributed by atoms with Gasteiger partial charge >= 0.3 is 0 Å². The van der Waals surface area contributed by atoms with E-state index in [2.05, 4.69) is 10.0 Å². The Morgan fingerprint density at radius 3 is 2.84 bits per heavy atom. The standard InChI is InChI=1S/C17H17ClN2O4S/c1-11-2-4-14(18)16(8-11)24-7-6-19-25(22,23)13-3-5-15-12(9-13)10-17(21)20-15/h2-5,8-9,19H,6-7,10H2,1H3,(H,20,21). The number of ether oxygens (including phenoxy) is 1. The van der Waals surface area contributed by atoms with Crippen molar-refractivity contribution in [1.82, 2.24) is 4.72 Å². The lowest BCUT2D eigenvalue weighted by atomic mass is 10.2. The van der Waals surface area contributed by atoms with Gasteiger partial charge in [0.25, 0.3) is 0 Å². The maximum atomic E-state index is 12.3. The molecule has 0 aromatic heterocycles. The van der Waals surface area contributed by atoms with E-state index >= 15 is 0 Å². The number of sulfonamides is 1. The molecule has 1 aliphatic rings. The number of hydrogen-bond acceptors (Lipinski definition) is 4. The summed E-state index contributed by atoms with van der Waals surface area (Å²) in [6, 6.07) is 9.96. The third-order valence-electron chi connectivity index (χ3n) is 3.75. The topological polar surface area (TPSA) is 84.5 Å². The van der Waals surface area contributed by atoms with E-state index in [1.807, 2.05) is 13.0 Å². The number of hydrogen-bond donors (Lipinski definition) is 2. The third kappa shape index (κ3) is 4.12. The van der Waals surface area contributed by atoms with Gasteiger partial charge in [-0.15, -0.1) is 0 Å². The summed E-state index contributed by atoms with van der Waals surface area (Å²) in [4.78, 5) is 11.5. The first-order chi connectivity index (χ1) is 11.8. The molecule has 0 bridgehead atoms. The van der Waals surface area contributed by atoms with E-state index in [1.54, 1.807) is 18.2 Å². The van der Waals surface area contributed by atoms with Gasteiger partial charge in [0.2, 0.25) is 15.9 Å². The van der Waals surface area contributed by atoms with Crippen LogP contribution in [0.2, 0.25) is 5.02 Å². The lowest BCUT2D eigenvalue weighted by Crippen LogP contribution is -2.28. The molecule has 2 aromatic rings. The van der Waals surface area contributed by atoms with Gasteiger partial charge in [-0.05, 0) is 48.4 Å². The van der Waals surface area contributed by atoms with Crippen molar-refractivity contribution >= 4 is 33.2 Å². The van der Waals surface area contributed by atoms with Crippen LogP contribution in [-0.2, 0) is 21.2 Å². The molecule has 0 saturated heterocycles. The van der Waals surface area contributed by atoms with Crippen LogP contribution in [0, 0.1) is 6.92 Å². The molecule has 1 heterocycles. The van der Waals surface area contributed by atoms with Gasteiger partial charge in [0, 0.05) is 12.2 Å². The molecule has 0 atom stereocenters. The second-order valence-corrected chi connectivity index (χ2v) is 7.90. The zero-order chi connectivity index (χ0) is 18.0. The normalized spacial score (nSPS) is 13.4. The highest BCUT2D eigenvalue weighted by Gasteiger charge is 2.21. The average molecular weight is 381 g/mol. The summed E-state index contributed by atoms with van der Waals surface area (Å²) in [7, 11) is -3.67. The Labute approximate surface area is 151 Å². The fraction of sp³-hybridized carbons (Fsp3) is 0.235. The van der Waals surface area contributed by atoms with E-state index in [0.29, 0.717) is 22.0 Å². The third-order valence-corrected chi connectivity index (χ3v) is 5.52. The number of anilines is 1. The molecule has 0 fully saturated rings. The molecule has 0 saturated carbocycles. The van der Waals surface area contributed by atoms with Gasteiger partial charge < -0.3 is 10.1 Å². The van der Waals surface area contributed by atoms with Gasteiger partial charge in [-0.1, -0.05) is 17.7 Å². The van der Waals surface area contributed by atoms with Crippen molar-refractivity contribution in [2.24, 2.45) is 0 Å². The Hall–Kier alpha value is -2.09. The highest BCUT2D eigenvalue weighted by atomic mass is 35.5. The summed E-state index contributed by atoms with van der Waals surface area (Å²) < 4.78 is 32.7. The number of aryl methyl sites for hydroxylation is 1. The summed E-state index contributed by atoms with van der Waals surface area (Å²) in [6.07, 6.45) is 0.188. The molecule has 132 valence electrons. The van der Waals surface area contributed by atoms with E-state index in [0.717, 1.165) is 5.56 Å². The number of nitrogens with one attached hydrogen (secondary N) is 2. The molecule has 6 nitrogen and oxygen atoms in total. The summed E-state index contributed by atoms with van der Waals surface area (Å²) in [5.41, 5.74) is 2.33. The summed E-state index contributed by atoms with van der Waals surface area (Å²) in [5, 5.41) is 3.15. The minimum atomic E-state index is -3.67. The zero-order valence-corrected chi connectivity index (χ0v) is 15.1. The zero-order valence-electron chi connectivity index (χ0n) is 13.5. The minimum Gasteiger partial charge on any atom is -0.491 e. The van der Waals surface area contributed by atoms with Crippen molar-refractivity contribution in [2.75, 3.05) is 18.5 Å². The predicted octanol–water partition coefficient (Wildman–Crippen LogP) is 2.50. The number of amides is 1. The SMILES string of the molecule is Cc1ccc(Cl)c(OCCNS(=O)(=O)c2ccc3c(c2)CC(=O)N3)c1. The minimum absolute atomic E-state index is 0.0981. The number of fused-ring (bicyclic) bond motifs is 1.